The van der Waals surface area contributed by atoms with Gasteiger partial charge >= 0.3 is 0 Å². The number of hydrogen-bond acceptors (Lipinski definition) is 0. The molecule has 0 amide bonds. The van der Waals surface area contributed by atoms with E-state index in [0.29, 0.717) is 0 Å². The molecule has 1 nitrogen and oxygen atoms in total. The average Bonchev–Trinajstić information content (AvgIpc) is 2.64. The summed E-state index contributed by atoms with van der Waals surface area (Å²) in [7, 11) is 2.15. The van der Waals surface area contributed by atoms with E-state index >= 15 is 0 Å². The summed E-state index contributed by atoms with van der Waals surface area (Å²) in [6.07, 6.45) is 2.27. The molecule has 0 spiro atoms. The van der Waals surface area contributed by atoms with Crippen LogP contribution >= 0.6 is 0 Å². The van der Waals surface area contributed by atoms with Crippen LogP contribution in [-0.2, 0) is 7.05 Å². The molecule has 3 aromatic carbocycles. The Kier molecular flexibility index (Phi) is 4.31. The van der Waals surface area contributed by atoms with Gasteiger partial charge in [-0.2, -0.15) is 0 Å². The maximum Gasteiger partial charge on any atom is 0.213 e. The molecular weight excluding hydrogens is 326 g/mol. The highest BCUT2D eigenvalue weighted by Gasteiger charge is 2.17. The van der Waals surface area contributed by atoms with Crippen LogP contribution in [-0.4, -0.2) is 0 Å². The predicted molar refractivity (Wildman–Crippen MR) is 115 cm³/mol. The molecule has 4 aromatic rings. The first kappa shape index (κ1) is 17.5. The molecule has 1 aromatic heterocycles. The molecule has 134 valence electrons. The van der Waals surface area contributed by atoms with Crippen molar-refractivity contribution in [2.24, 2.45) is 7.05 Å². The summed E-state index contributed by atoms with van der Waals surface area (Å²) in [6, 6.07) is 22.3. The van der Waals surface area contributed by atoms with E-state index in [1.54, 1.807) is 0 Å². The zero-order valence-corrected chi connectivity index (χ0v) is 16.8. The number of benzene rings is 3. The van der Waals surface area contributed by atoms with Crippen molar-refractivity contribution in [3.63, 3.8) is 0 Å². The van der Waals surface area contributed by atoms with Crippen LogP contribution in [0.5, 0.6) is 0 Å². The van der Waals surface area contributed by atoms with Crippen LogP contribution in [0.3, 0.4) is 0 Å². The smallest absolute Gasteiger partial charge is 0.200 e. The molecule has 1 heterocycles. The maximum atomic E-state index is 2.33. The van der Waals surface area contributed by atoms with Gasteiger partial charge in [-0.3, -0.25) is 0 Å². The Balaban J connectivity index is 1.95. The molecule has 27 heavy (non-hydrogen) atoms. The highest BCUT2D eigenvalue weighted by molar-refractivity contribution is 5.96. The first-order valence-electron chi connectivity index (χ1n) is 9.52. The molecule has 0 aliphatic rings. The Hall–Kier alpha value is -2.93. The molecule has 0 bridgehead atoms. The fourth-order valence-corrected chi connectivity index (χ4v) is 3.92. The Morgan fingerprint density at radius 3 is 2.19 bits per heavy atom. The maximum absolute atomic E-state index is 2.33. The van der Waals surface area contributed by atoms with Gasteiger partial charge in [0.1, 0.15) is 7.05 Å². The highest BCUT2D eigenvalue weighted by atomic mass is 14.9. The number of hydrogen-bond donors (Lipinski definition) is 0. The SMILES string of the molecule is Cc1ccc(-c2cccc3cc(-c4cc(C)cc(C)c4C)[n+](C)cc23)cc1. The predicted octanol–water partition coefficient (Wildman–Crippen LogP) is 6.23. The van der Waals surface area contributed by atoms with E-state index in [1.807, 2.05) is 0 Å². The lowest BCUT2D eigenvalue weighted by molar-refractivity contribution is -0.659. The van der Waals surface area contributed by atoms with Crippen molar-refractivity contribution in [2.45, 2.75) is 27.7 Å². The molecule has 4 rings (SSSR count). The molecule has 0 N–H and O–H groups in total. The van der Waals surface area contributed by atoms with Crippen molar-refractivity contribution in [3.8, 4) is 22.4 Å². The monoisotopic (exact) mass is 352 g/mol. The molecule has 0 aliphatic carbocycles. The quantitative estimate of drug-likeness (QED) is 0.376. The molecule has 0 unspecified atom stereocenters. The van der Waals surface area contributed by atoms with E-state index in [1.165, 1.54) is 55.4 Å². The summed E-state index contributed by atoms with van der Waals surface area (Å²) < 4.78 is 2.27. The van der Waals surface area contributed by atoms with E-state index in [0.717, 1.165) is 0 Å². The largest absolute Gasteiger partial charge is 0.213 e. The van der Waals surface area contributed by atoms with Gasteiger partial charge in [-0.25, -0.2) is 4.57 Å². The van der Waals surface area contributed by atoms with Crippen LogP contribution in [0, 0.1) is 27.7 Å². The number of aryl methyl sites for hydroxylation is 4. The summed E-state index contributed by atoms with van der Waals surface area (Å²) >= 11 is 0. The van der Waals surface area contributed by atoms with Gasteiger partial charge in [0.15, 0.2) is 6.20 Å². The number of pyridine rings is 1. The fraction of sp³-hybridized carbons (Fsp3) is 0.192. The second kappa shape index (κ2) is 6.66. The standard InChI is InChI=1S/C26H26N/c1-17-9-11-21(12-10-17)23-8-6-7-22-15-26(27(5)16-25(22)23)24-14-18(2)13-19(3)20(24)4/h6-16H,1-5H3/q+1. The lowest BCUT2D eigenvalue weighted by Crippen LogP contribution is -2.30. The van der Waals surface area contributed by atoms with Gasteiger partial charge in [-0.1, -0.05) is 59.7 Å². The second-order valence-corrected chi connectivity index (χ2v) is 7.70. The van der Waals surface area contributed by atoms with Crippen LogP contribution in [0.25, 0.3) is 33.2 Å². The normalized spacial score (nSPS) is 11.1. The summed E-state index contributed by atoms with van der Waals surface area (Å²) in [5.41, 5.74) is 10.4. The first-order valence-corrected chi connectivity index (χ1v) is 9.52. The topological polar surface area (TPSA) is 3.88 Å². The second-order valence-electron chi connectivity index (χ2n) is 7.70. The van der Waals surface area contributed by atoms with Crippen molar-refractivity contribution in [1.82, 2.24) is 0 Å². The van der Waals surface area contributed by atoms with Gasteiger partial charge in [0.05, 0.1) is 5.39 Å². The summed E-state index contributed by atoms with van der Waals surface area (Å²) in [5, 5.41) is 2.56. The zero-order valence-electron chi connectivity index (χ0n) is 16.8. The molecule has 0 aliphatic heterocycles. The van der Waals surface area contributed by atoms with Crippen LogP contribution in [0.2, 0.25) is 0 Å². The van der Waals surface area contributed by atoms with Gasteiger partial charge in [-0.15, -0.1) is 0 Å². The highest BCUT2D eigenvalue weighted by Crippen LogP contribution is 2.31. The minimum Gasteiger partial charge on any atom is -0.200 e. The van der Waals surface area contributed by atoms with E-state index in [9.17, 15) is 0 Å². The summed E-state index contributed by atoms with van der Waals surface area (Å²) in [6.45, 7) is 8.72. The van der Waals surface area contributed by atoms with Gasteiger partial charge in [0, 0.05) is 11.6 Å². The van der Waals surface area contributed by atoms with E-state index in [4.69, 9.17) is 0 Å². The zero-order chi connectivity index (χ0) is 19.1. The van der Waals surface area contributed by atoms with E-state index < -0.39 is 0 Å². The van der Waals surface area contributed by atoms with Gasteiger partial charge < -0.3 is 0 Å². The first-order chi connectivity index (χ1) is 12.9. The Morgan fingerprint density at radius 1 is 0.704 bits per heavy atom. The van der Waals surface area contributed by atoms with Gasteiger partial charge in [0.2, 0.25) is 5.69 Å². The fourth-order valence-electron chi connectivity index (χ4n) is 3.92. The molecule has 0 atom stereocenters. The van der Waals surface area contributed by atoms with Gasteiger partial charge in [-0.05, 0) is 61.4 Å². The number of fused-ring (bicyclic) bond motifs is 1. The van der Waals surface area contributed by atoms with Gasteiger partial charge in [0.25, 0.3) is 0 Å². The lowest BCUT2D eigenvalue weighted by atomic mass is 9.94. The molecule has 1 heteroatoms. The van der Waals surface area contributed by atoms with Crippen LogP contribution in [0.15, 0.2) is 66.9 Å². The minimum absolute atomic E-state index is 1.26. The molecule has 0 saturated heterocycles. The number of aromatic nitrogens is 1. The number of rotatable bonds is 2. The van der Waals surface area contributed by atoms with E-state index in [-0.39, 0.29) is 0 Å². The Bertz CT molecular complexity index is 1150. The minimum atomic E-state index is 1.26. The van der Waals surface area contributed by atoms with Crippen LogP contribution in [0.1, 0.15) is 22.3 Å². The van der Waals surface area contributed by atoms with Crippen molar-refractivity contribution >= 4 is 10.8 Å². The van der Waals surface area contributed by atoms with Crippen molar-refractivity contribution in [2.75, 3.05) is 0 Å². The van der Waals surface area contributed by atoms with Crippen LogP contribution in [0.4, 0.5) is 0 Å². The molecule has 0 radical (unpaired) electrons. The summed E-state index contributed by atoms with van der Waals surface area (Å²) in [4.78, 5) is 0. The third-order valence-corrected chi connectivity index (χ3v) is 5.59. The van der Waals surface area contributed by atoms with E-state index in [2.05, 4.69) is 106 Å². The molecule has 0 fully saturated rings. The van der Waals surface area contributed by atoms with Crippen molar-refractivity contribution < 1.29 is 4.57 Å². The lowest BCUT2D eigenvalue weighted by Gasteiger charge is -2.11. The molecular formula is C26H26N+. The Morgan fingerprint density at radius 2 is 1.44 bits per heavy atom. The van der Waals surface area contributed by atoms with Crippen molar-refractivity contribution in [3.05, 3.63) is 89.1 Å². The van der Waals surface area contributed by atoms with Crippen LogP contribution < -0.4 is 4.57 Å². The average molecular weight is 353 g/mol. The Labute approximate surface area is 161 Å². The third-order valence-electron chi connectivity index (χ3n) is 5.59. The molecule has 0 saturated carbocycles. The third kappa shape index (κ3) is 3.14. The number of nitrogens with zero attached hydrogens (tertiary/aromatic N) is 1. The summed E-state index contributed by atoms with van der Waals surface area (Å²) in [5.74, 6) is 0. The van der Waals surface area contributed by atoms with Crippen molar-refractivity contribution in [1.29, 1.82) is 0 Å².